The lowest BCUT2D eigenvalue weighted by atomic mass is 10.1. The van der Waals surface area contributed by atoms with Crippen LogP contribution in [0.2, 0.25) is 0 Å². The maximum atomic E-state index is 12.5. The molecule has 1 unspecified atom stereocenters. The first kappa shape index (κ1) is 18.4. The Bertz CT molecular complexity index is 817. The number of amides is 3. The molecule has 0 heterocycles. The van der Waals surface area contributed by atoms with Crippen LogP contribution in [0.15, 0.2) is 54.6 Å². The van der Waals surface area contributed by atoms with Crippen molar-refractivity contribution >= 4 is 17.9 Å². The number of esters is 1. The van der Waals surface area contributed by atoms with Gasteiger partial charge in [-0.15, -0.1) is 0 Å². The quantitative estimate of drug-likeness (QED) is 0.650. The Balaban J connectivity index is 1.69. The minimum atomic E-state index is -1.00. The molecule has 1 aliphatic carbocycles. The molecular weight excluding hydrogens is 346 g/mol. The van der Waals surface area contributed by atoms with Crippen LogP contribution in [0.3, 0.4) is 0 Å². The highest BCUT2D eigenvalue weighted by Gasteiger charge is 2.31. The molecule has 1 aliphatic rings. The third-order valence-electron chi connectivity index (χ3n) is 4.15. The zero-order chi connectivity index (χ0) is 19.2. The largest absolute Gasteiger partial charge is 0.444 e. The second-order valence-corrected chi connectivity index (χ2v) is 6.39. The fraction of sp³-hybridized carbons (Fsp3) is 0.250. The molecule has 0 spiro atoms. The van der Waals surface area contributed by atoms with Crippen LogP contribution in [0.25, 0.3) is 0 Å². The zero-order valence-electron chi connectivity index (χ0n) is 14.7. The van der Waals surface area contributed by atoms with E-state index in [0.717, 1.165) is 18.4 Å². The van der Waals surface area contributed by atoms with Crippen LogP contribution in [-0.2, 0) is 16.1 Å². The van der Waals surface area contributed by atoms with Crippen LogP contribution in [0.1, 0.15) is 40.4 Å². The van der Waals surface area contributed by atoms with Crippen LogP contribution in [0, 0.1) is 0 Å². The maximum absolute atomic E-state index is 12.5. The number of hydrogen-bond donors (Lipinski definition) is 3. The van der Waals surface area contributed by atoms with Crippen LogP contribution >= 0.6 is 0 Å². The topological polar surface area (TPSA) is 111 Å². The Labute approximate surface area is 156 Å². The number of carbonyl (C=O) groups is 3. The van der Waals surface area contributed by atoms with Crippen molar-refractivity contribution in [3.05, 3.63) is 71.3 Å². The molecule has 7 heteroatoms. The fourth-order valence-electron chi connectivity index (χ4n) is 2.53. The van der Waals surface area contributed by atoms with Crippen LogP contribution in [0.4, 0.5) is 4.79 Å². The van der Waals surface area contributed by atoms with Gasteiger partial charge in [-0.2, -0.15) is 0 Å². The molecule has 0 aliphatic heterocycles. The van der Waals surface area contributed by atoms with Crippen molar-refractivity contribution in [1.82, 2.24) is 10.6 Å². The Morgan fingerprint density at radius 3 is 2.30 bits per heavy atom. The van der Waals surface area contributed by atoms with Gasteiger partial charge in [0.2, 0.25) is 6.10 Å². The lowest BCUT2D eigenvalue weighted by molar-refractivity contribution is -0.130. The molecule has 7 nitrogen and oxygen atoms in total. The normalized spacial score (nSPS) is 14.1. The van der Waals surface area contributed by atoms with Gasteiger partial charge in [-0.05, 0) is 30.5 Å². The summed E-state index contributed by atoms with van der Waals surface area (Å²) in [6.07, 6.45) is 0.889. The van der Waals surface area contributed by atoms with Crippen molar-refractivity contribution in [2.75, 3.05) is 0 Å². The summed E-state index contributed by atoms with van der Waals surface area (Å²) in [6.45, 7) is 0.265. The van der Waals surface area contributed by atoms with Gasteiger partial charge in [0.15, 0.2) is 0 Å². The maximum Gasteiger partial charge on any atom is 0.339 e. The van der Waals surface area contributed by atoms with E-state index in [0.29, 0.717) is 11.1 Å². The molecule has 3 amide bonds. The van der Waals surface area contributed by atoms with E-state index < -0.39 is 18.1 Å². The summed E-state index contributed by atoms with van der Waals surface area (Å²) in [5.74, 6) is -0.913. The van der Waals surface area contributed by atoms with Crippen molar-refractivity contribution in [3.8, 4) is 0 Å². The Kier molecular flexibility index (Phi) is 5.71. The van der Waals surface area contributed by atoms with Gasteiger partial charge in [-0.3, -0.25) is 4.79 Å². The van der Waals surface area contributed by atoms with Crippen molar-refractivity contribution < 1.29 is 19.1 Å². The van der Waals surface area contributed by atoms with Crippen molar-refractivity contribution in [2.45, 2.75) is 31.5 Å². The molecule has 3 rings (SSSR count). The van der Waals surface area contributed by atoms with Gasteiger partial charge in [0.1, 0.15) is 0 Å². The second kappa shape index (κ2) is 8.35. The summed E-state index contributed by atoms with van der Waals surface area (Å²) < 4.78 is 5.51. The molecular formula is C20H21N3O4. The lowest BCUT2D eigenvalue weighted by Crippen LogP contribution is -2.33. The number of benzene rings is 2. The Morgan fingerprint density at radius 1 is 1.04 bits per heavy atom. The first-order valence-electron chi connectivity index (χ1n) is 8.71. The molecule has 1 fully saturated rings. The van der Waals surface area contributed by atoms with E-state index in [-0.39, 0.29) is 18.5 Å². The van der Waals surface area contributed by atoms with E-state index in [1.54, 1.807) is 48.5 Å². The minimum Gasteiger partial charge on any atom is -0.444 e. The number of ether oxygens (including phenoxy) is 1. The number of hydrogen-bond acceptors (Lipinski definition) is 4. The minimum absolute atomic E-state index is 0.166. The summed E-state index contributed by atoms with van der Waals surface area (Å²) in [7, 11) is 0. The highest BCUT2D eigenvalue weighted by atomic mass is 16.5. The van der Waals surface area contributed by atoms with E-state index in [4.69, 9.17) is 10.5 Å². The van der Waals surface area contributed by atoms with E-state index in [1.807, 2.05) is 6.07 Å². The average Bonchev–Trinajstić information content (AvgIpc) is 3.49. The Hall–Kier alpha value is -3.35. The van der Waals surface area contributed by atoms with Crippen LogP contribution in [0.5, 0.6) is 0 Å². The standard InChI is InChI=1S/C20H21N3O4/c21-20(26)22-12-13-6-8-15(9-7-13)19(25)27-17(14-4-2-1-3-5-14)18(24)23-16-10-11-16/h1-9,16-17H,10-12H2,(H,23,24)(H3,21,22,26). The van der Waals surface area contributed by atoms with Gasteiger partial charge in [0.05, 0.1) is 5.56 Å². The first-order valence-corrected chi connectivity index (χ1v) is 8.71. The molecule has 2 aromatic carbocycles. The second-order valence-electron chi connectivity index (χ2n) is 6.39. The van der Waals surface area contributed by atoms with E-state index in [9.17, 15) is 14.4 Å². The van der Waals surface area contributed by atoms with Gasteiger partial charge < -0.3 is 21.1 Å². The van der Waals surface area contributed by atoms with E-state index in [1.165, 1.54) is 0 Å². The van der Waals surface area contributed by atoms with Gasteiger partial charge in [-0.25, -0.2) is 9.59 Å². The Morgan fingerprint density at radius 2 is 1.70 bits per heavy atom. The molecule has 27 heavy (non-hydrogen) atoms. The summed E-state index contributed by atoms with van der Waals surface area (Å²) in [5.41, 5.74) is 6.76. The van der Waals surface area contributed by atoms with Gasteiger partial charge in [0.25, 0.3) is 5.91 Å². The molecule has 1 atom stereocenters. The van der Waals surface area contributed by atoms with Crippen LogP contribution < -0.4 is 16.4 Å². The molecule has 0 saturated heterocycles. The molecule has 0 aromatic heterocycles. The van der Waals surface area contributed by atoms with Crippen molar-refractivity contribution in [2.24, 2.45) is 5.73 Å². The third kappa shape index (κ3) is 5.31. The predicted octanol–water partition coefficient (Wildman–Crippen LogP) is 2.03. The smallest absolute Gasteiger partial charge is 0.339 e. The van der Waals surface area contributed by atoms with E-state index in [2.05, 4.69) is 10.6 Å². The lowest BCUT2D eigenvalue weighted by Gasteiger charge is -2.18. The first-order chi connectivity index (χ1) is 13.0. The number of nitrogens with one attached hydrogen (secondary N) is 2. The molecule has 140 valence electrons. The highest BCUT2D eigenvalue weighted by Crippen LogP contribution is 2.24. The molecule has 4 N–H and O–H groups in total. The summed E-state index contributed by atoms with van der Waals surface area (Å²) in [4.78, 5) is 35.8. The average molecular weight is 367 g/mol. The highest BCUT2D eigenvalue weighted by molar-refractivity contribution is 5.92. The number of carbonyl (C=O) groups excluding carboxylic acids is 3. The van der Waals surface area contributed by atoms with Gasteiger partial charge in [0, 0.05) is 18.2 Å². The van der Waals surface area contributed by atoms with Crippen LogP contribution in [-0.4, -0.2) is 23.9 Å². The number of primary amides is 1. The SMILES string of the molecule is NC(=O)NCc1ccc(C(=O)OC(C(=O)NC2CC2)c2ccccc2)cc1. The van der Waals surface area contributed by atoms with Gasteiger partial charge >= 0.3 is 12.0 Å². The zero-order valence-corrected chi connectivity index (χ0v) is 14.7. The number of rotatable bonds is 7. The van der Waals surface area contributed by atoms with E-state index >= 15 is 0 Å². The number of urea groups is 1. The van der Waals surface area contributed by atoms with Crippen molar-refractivity contribution in [1.29, 1.82) is 0 Å². The fourth-order valence-corrected chi connectivity index (χ4v) is 2.53. The summed E-state index contributed by atoms with van der Waals surface area (Å²) in [6, 6.07) is 15.0. The summed E-state index contributed by atoms with van der Waals surface area (Å²) >= 11 is 0. The molecule has 1 saturated carbocycles. The monoisotopic (exact) mass is 367 g/mol. The van der Waals surface area contributed by atoms with Gasteiger partial charge in [-0.1, -0.05) is 42.5 Å². The third-order valence-corrected chi connectivity index (χ3v) is 4.15. The predicted molar refractivity (Wildman–Crippen MR) is 98.6 cm³/mol. The molecule has 0 radical (unpaired) electrons. The summed E-state index contributed by atoms with van der Waals surface area (Å²) in [5, 5.41) is 5.35. The molecule has 0 bridgehead atoms. The van der Waals surface area contributed by atoms with Crippen molar-refractivity contribution in [3.63, 3.8) is 0 Å². The molecule has 2 aromatic rings. The number of nitrogens with two attached hydrogens (primary N) is 1.